The van der Waals surface area contributed by atoms with Gasteiger partial charge >= 0.3 is 0 Å². The Kier molecular flexibility index (Phi) is 5.45. The van der Waals surface area contributed by atoms with Crippen molar-refractivity contribution in [1.29, 1.82) is 0 Å². The Hall–Kier alpha value is -2.25. The lowest BCUT2D eigenvalue weighted by atomic mass is 10.1. The van der Waals surface area contributed by atoms with Gasteiger partial charge in [0.15, 0.2) is 5.82 Å². The molecule has 1 aromatic heterocycles. The minimum Gasteiger partial charge on any atom is -0.375 e. The van der Waals surface area contributed by atoms with Crippen molar-refractivity contribution < 1.29 is 14.1 Å². The zero-order valence-electron chi connectivity index (χ0n) is 14.9. The summed E-state index contributed by atoms with van der Waals surface area (Å²) in [7, 11) is 1.58. The highest BCUT2D eigenvalue weighted by atomic mass is 16.5. The first-order chi connectivity index (χ1) is 12.1. The van der Waals surface area contributed by atoms with E-state index in [-0.39, 0.29) is 11.9 Å². The maximum Gasteiger partial charge on any atom is 0.252 e. The highest BCUT2D eigenvalue weighted by Gasteiger charge is 2.32. The molecule has 1 amide bonds. The summed E-state index contributed by atoms with van der Waals surface area (Å²) < 4.78 is 10.1. The Morgan fingerprint density at radius 1 is 1.32 bits per heavy atom. The fraction of sp³-hybridized carbons (Fsp3) is 0.500. The van der Waals surface area contributed by atoms with Gasteiger partial charge in [0.2, 0.25) is 5.91 Å². The lowest BCUT2D eigenvalue weighted by Crippen LogP contribution is -2.55. The number of hydrogen-bond acceptors (Lipinski definition) is 6. The topological polar surface area (TPSA) is 71.7 Å². The second-order valence-electron chi connectivity index (χ2n) is 6.43. The van der Waals surface area contributed by atoms with Crippen molar-refractivity contribution in [1.82, 2.24) is 19.9 Å². The lowest BCUT2D eigenvalue weighted by molar-refractivity contribution is -0.142. The summed E-state index contributed by atoms with van der Waals surface area (Å²) in [4.78, 5) is 21.0. The van der Waals surface area contributed by atoms with Crippen LogP contribution in [0.4, 0.5) is 0 Å². The highest BCUT2D eigenvalue weighted by Crippen LogP contribution is 2.17. The molecule has 0 saturated carbocycles. The van der Waals surface area contributed by atoms with E-state index in [1.165, 1.54) is 5.56 Å². The van der Waals surface area contributed by atoms with Gasteiger partial charge in [-0.1, -0.05) is 35.0 Å². The Bertz CT molecular complexity index is 731. The van der Waals surface area contributed by atoms with Gasteiger partial charge in [-0.2, -0.15) is 4.98 Å². The van der Waals surface area contributed by atoms with E-state index >= 15 is 0 Å². The van der Waals surface area contributed by atoms with Crippen LogP contribution in [0.5, 0.6) is 0 Å². The molecule has 7 nitrogen and oxygen atoms in total. The van der Waals surface area contributed by atoms with Crippen LogP contribution in [0.3, 0.4) is 0 Å². The summed E-state index contributed by atoms with van der Waals surface area (Å²) in [5.74, 6) is 1.17. The third-order valence-electron chi connectivity index (χ3n) is 4.45. The average molecular weight is 344 g/mol. The van der Waals surface area contributed by atoms with Gasteiger partial charge in [-0.3, -0.25) is 9.69 Å². The summed E-state index contributed by atoms with van der Waals surface area (Å²) in [5.41, 5.74) is 2.37. The van der Waals surface area contributed by atoms with Crippen LogP contribution >= 0.6 is 0 Å². The molecule has 2 aromatic rings. The summed E-state index contributed by atoms with van der Waals surface area (Å²) in [6.45, 7) is 6.92. The Balaban J connectivity index is 1.60. The molecule has 0 N–H and O–H groups in total. The van der Waals surface area contributed by atoms with Crippen molar-refractivity contribution in [2.45, 2.75) is 39.6 Å². The van der Waals surface area contributed by atoms with Crippen molar-refractivity contribution in [3.8, 4) is 0 Å². The van der Waals surface area contributed by atoms with Gasteiger partial charge in [0.1, 0.15) is 6.61 Å². The van der Waals surface area contributed by atoms with E-state index in [0.29, 0.717) is 38.0 Å². The van der Waals surface area contributed by atoms with E-state index in [9.17, 15) is 4.79 Å². The number of nitrogens with zero attached hydrogens (tertiary/aromatic N) is 4. The van der Waals surface area contributed by atoms with E-state index < -0.39 is 0 Å². The number of hydrogen-bond donors (Lipinski definition) is 0. The van der Waals surface area contributed by atoms with Gasteiger partial charge in [-0.05, 0) is 19.4 Å². The van der Waals surface area contributed by atoms with Crippen molar-refractivity contribution in [2.24, 2.45) is 0 Å². The van der Waals surface area contributed by atoms with Crippen LogP contribution in [0, 0.1) is 6.92 Å². The largest absolute Gasteiger partial charge is 0.375 e. The summed E-state index contributed by atoms with van der Waals surface area (Å²) >= 11 is 0. The number of amides is 1. The van der Waals surface area contributed by atoms with Crippen LogP contribution in [-0.4, -0.2) is 52.1 Å². The summed E-state index contributed by atoms with van der Waals surface area (Å²) in [6.07, 6.45) is 0. The van der Waals surface area contributed by atoms with Crippen LogP contribution < -0.4 is 0 Å². The van der Waals surface area contributed by atoms with E-state index in [1.807, 2.05) is 17.9 Å². The molecular weight excluding hydrogens is 320 g/mol. The first-order valence-corrected chi connectivity index (χ1v) is 8.45. The number of methoxy groups -OCH3 is 1. The fourth-order valence-electron chi connectivity index (χ4n) is 3.10. The molecule has 1 aliphatic rings. The maximum atomic E-state index is 12.7. The average Bonchev–Trinajstić information content (AvgIpc) is 3.02. The molecule has 0 aliphatic carbocycles. The minimum absolute atomic E-state index is 0.133. The SMILES string of the molecule is COCc1nc(CN2CCN(Cc3cccc(C)c3)C(=O)C2C)no1. The van der Waals surface area contributed by atoms with E-state index in [1.54, 1.807) is 7.11 Å². The zero-order valence-corrected chi connectivity index (χ0v) is 14.9. The van der Waals surface area contributed by atoms with Crippen LogP contribution in [0.15, 0.2) is 28.8 Å². The predicted molar refractivity (Wildman–Crippen MR) is 91.5 cm³/mol. The predicted octanol–water partition coefficient (Wildman–Crippen LogP) is 1.76. The smallest absolute Gasteiger partial charge is 0.252 e. The van der Waals surface area contributed by atoms with Crippen molar-refractivity contribution in [3.05, 3.63) is 47.1 Å². The summed E-state index contributed by atoms with van der Waals surface area (Å²) in [6, 6.07) is 8.08. The Labute approximate surface area is 147 Å². The van der Waals surface area contributed by atoms with Crippen molar-refractivity contribution in [3.63, 3.8) is 0 Å². The molecule has 1 aliphatic heterocycles. The van der Waals surface area contributed by atoms with Crippen LogP contribution in [0.2, 0.25) is 0 Å². The number of rotatable bonds is 6. The van der Waals surface area contributed by atoms with Crippen LogP contribution in [0.25, 0.3) is 0 Å². The first kappa shape index (κ1) is 17.6. The standard InChI is InChI=1S/C18H24N4O3/c1-13-5-4-6-15(9-13)10-22-8-7-21(14(2)18(22)23)11-16-19-17(12-24-3)25-20-16/h4-6,9,14H,7-8,10-12H2,1-3H3. The van der Waals surface area contributed by atoms with Crippen molar-refractivity contribution >= 4 is 5.91 Å². The molecule has 0 bridgehead atoms. The molecule has 1 fully saturated rings. The number of ether oxygens (including phenoxy) is 1. The molecule has 3 rings (SSSR count). The van der Waals surface area contributed by atoms with E-state index in [0.717, 1.165) is 12.1 Å². The fourth-order valence-corrected chi connectivity index (χ4v) is 3.10. The summed E-state index contributed by atoms with van der Waals surface area (Å²) in [5, 5.41) is 3.95. The molecule has 1 aromatic carbocycles. The van der Waals surface area contributed by atoms with E-state index in [2.05, 4.69) is 40.2 Å². The van der Waals surface area contributed by atoms with Gasteiger partial charge in [-0.15, -0.1) is 0 Å². The molecule has 7 heteroatoms. The second-order valence-corrected chi connectivity index (χ2v) is 6.43. The number of piperazine rings is 1. The molecule has 1 atom stereocenters. The van der Waals surface area contributed by atoms with Gasteiger partial charge in [-0.25, -0.2) is 0 Å². The van der Waals surface area contributed by atoms with Gasteiger partial charge < -0.3 is 14.2 Å². The molecule has 134 valence electrons. The molecule has 0 radical (unpaired) electrons. The number of carbonyl (C=O) groups is 1. The van der Waals surface area contributed by atoms with Crippen LogP contribution in [-0.2, 0) is 29.2 Å². The van der Waals surface area contributed by atoms with Gasteiger partial charge in [0, 0.05) is 26.7 Å². The quantitative estimate of drug-likeness (QED) is 0.795. The molecule has 0 spiro atoms. The second kappa shape index (κ2) is 7.76. The first-order valence-electron chi connectivity index (χ1n) is 8.45. The number of aryl methyl sites for hydroxylation is 1. The normalized spacial score (nSPS) is 18.8. The van der Waals surface area contributed by atoms with Crippen LogP contribution in [0.1, 0.15) is 29.8 Å². The monoisotopic (exact) mass is 344 g/mol. The lowest BCUT2D eigenvalue weighted by Gasteiger charge is -2.38. The Morgan fingerprint density at radius 2 is 2.16 bits per heavy atom. The van der Waals surface area contributed by atoms with Crippen molar-refractivity contribution in [2.75, 3.05) is 20.2 Å². The molecule has 25 heavy (non-hydrogen) atoms. The molecular formula is C18H24N4O3. The Morgan fingerprint density at radius 3 is 2.92 bits per heavy atom. The number of carbonyl (C=O) groups excluding carboxylic acids is 1. The zero-order chi connectivity index (χ0) is 17.8. The molecule has 1 unspecified atom stereocenters. The van der Waals surface area contributed by atoms with Gasteiger partial charge in [0.05, 0.1) is 12.6 Å². The van der Waals surface area contributed by atoms with Gasteiger partial charge in [0.25, 0.3) is 5.89 Å². The van der Waals surface area contributed by atoms with E-state index in [4.69, 9.17) is 9.26 Å². The minimum atomic E-state index is -0.206. The third-order valence-corrected chi connectivity index (χ3v) is 4.45. The number of aromatic nitrogens is 2. The highest BCUT2D eigenvalue weighted by molar-refractivity contribution is 5.82. The molecule has 2 heterocycles. The number of benzene rings is 1. The maximum absolute atomic E-state index is 12.7. The molecule has 1 saturated heterocycles. The third kappa shape index (κ3) is 4.24.